The van der Waals surface area contributed by atoms with E-state index in [0.717, 1.165) is 30.0 Å². The summed E-state index contributed by atoms with van der Waals surface area (Å²) in [4.78, 5) is 35.4. The lowest BCUT2D eigenvalue weighted by Crippen LogP contribution is -2.47. The Bertz CT molecular complexity index is 924. The number of rotatable bonds is 3. The highest BCUT2D eigenvalue weighted by Gasteiger charge is 2.25. The summed E-state index contributed by atoms with van der Waals surface area (Å²) in [6, 6.07) is 8.99. The van der Waals surface area contributed by atoms with Gasteiger partial charge in [-0.1, -0.05) is 6.07 Å². The van der Waals surface area contributed by atoms with Crippen LogP contribution in [0.2, 0.25) is 0 Å². The predicted octanol–water partition coefficient (Wildman–Crippen LogP) is 2.03. The Balaban J connectivity index is 1.40. The minimum Gasteiger partial charge on any atom is -0.497 e. The molecule has 0 bridgehead atoms. The van der Waals surface area contributed by atoms with Crippen LogP contribution in [0.1, 0.15) is 21.6 Å². The lowest BCUT2D eigenvalue weighted by Gasteiger charge is -2.32. The molecule has 1 aromatic heterocycles. The minimum atomic E-state index is -0.204. The van der Waals surface area contributed by atoms with E-state index in [1.54, 1.807) is 35.2 Å². The van der Waals surface area contributed by atoms with Crippen LogP contribution < -0.4 is 10.1 Å². The number of likely N-dealkylation sites (N-methyl/N-ethyl adjacent to an activating group) is 1. The van der Waals surface area contributed by atoms with E-state index < -0.39 is 0 Å². The van der Waals surface area contributed by atoms with Crippen LogP contribution in [-0.4, -0.2) is 72.0 Å². The molecule has 0 atom stereocenters. The fraction of sp³-hybridized carbons (Fsp3) is 0.381. The Morgan fingerprint density at radius 3 is 2.52 bits per heavy atom. The van der Waals surface area contributed by atoms with E-state index >= 15 is 0 Å². The molecule has 3 amide bonds. The average Bonchev–Trinajstić information content (AvgIpc) is 3.17. The molecule has 8 nitrogen and oxygen atoms in total. The summed E-state index contributed by atoms with van der Waals surface area (Å²) in [6.45, 7) is 4.14. The lowest BCUT2D eigenvalue weighted by atomic mass is 10.1. The Morgan fingerprint density at radius 2 is 1.76 bits per heavy atom. The van der Waals surface area contributed by atoms with Gasteiger partial charge in [0.15, 0.2) is 0 Å². The maximum Gasteiger partial charge on any atom is 0.322 e. The van der Waals surface area contributed by atoms with Crippen molar-refractivity contribution in [3.63, 3.8) is 0 Å². The van der Waals surface area contributed by atoms with Gasteiger partial charge in [-0.3, -0.25) is 9.78 Å². The molecule has 1 saturated heterocycles. The first-order valence-electron chi connectivity index (χ1n) is 9.69. The van der Waals surface area contributed by atoms with Crippen molar-refractivity contribution in [1.29, 1.82) is 0 Å². The van der Waals surface area contributed by atoms with Crippen molar-refractivity contribution in [3.05, 3.63) is 53.3 Å². The summed E-state index contributed by atoms with van der Waals surface area (Å²) < 4.78 is 5.26. The maximum absolute atomic E-state index is 12.7. The molecule has 1 N–H and O–H groups in total. The van der Waals surface area contributed by atoms with Crippen molar-refractivity contribution in [2.24, 2.45) is 0 Å². The van der Waals surface area contributed by atoms with E-state index in [0.29, 0.717) is 37.6 Å². The number of hydrogen-bond acceptors (Lipinski definition) is 5. The molecule has 1 fully saturated rings. The van der Waals surface area contributed by atoms with Gasteiger partial charge in [-0.15, -0.1) is 0 Å². The lowest BCUT2D eigenvalue weighted by molar-refractivity contribution is 0.0658. The Kier molecular flexibility index (Phi) is 5.35. The number of piperazine rings is 1. The number of carbonyl (C=O) groups excluding carboxylic acids is 2. The van der Waals surface area contributed by atoms with Gasteiger partial charge in [-0.05, 0) is 42.4 Å². The molecule has 2 aliphatic heterocycles. The second kappa shape index (κ2) is 8.08. The fourth-order valence-corrected chi connectivity index (χ4v) is 3.64. The SMILES string of the molecule is COc1ccc2c(c1)CN(C(=O)Nc1ccnc(C(=O)N3CCN(C)CC3)c1)C2. The van der Waals surface area contributed by atoms with E-state index in [9.17, 15) is 9.59 Å². The molecule has 1 aromatic carbocycles. The fourth-order valence-electron chi connectivity index (χ4n) is 3.64. The van der Waals surface area contributed by atoms with Gasteiger partial charge in [-0.25, -0.2) is 4.79 Å². The van der Waals surface area contributed by atoms with Crippen LogP contribution in [0, 0.1) is 0 Å². The third-order valence-electron chi connectivity index (χ3n) is 5.44. The van der Waals surface area contributed by atoms with Gasteiger partial charge in [-0.2, -0.15) is 0 Å². The summed E-state index contributed by atoms with van der Waals surface area (Å²) in [5.41, 5.74) is 3.11. The molecule has 4 rings (SSSR count). The summed E-state index contributed by atoms with van der Waals surface area (Å²) in [5.74, 6) is 0.682. The second-order valence-electron chi connectivity index (χ2n) is 7.45. The number of amides is 3. The number of benzene rings is 1. The average molecular weight is 395 g/mol. The molecule has 152 valence electrons. The summed E-state index contributed by atoms with van der Waals surface area (Å²) in [6.07, 6.45) is 1.56. The van der Waals surface area contributed by atoms with Gasteiger partial charge >= 0.3 is 6.03 Å². The third-order valence-corrected chi connectivity index (χ3v) is 5.44. The second-order valence-corrected chi connectivity index (χ2v) is 7.45. The molecular weight excluding hydrogens is 370 g/mol. The highest BCUT2D eigenvalue weighted by Crippen LogP contribution is 2.27. The number of nitrogens with one attached hydrogen (secondary N) is 1. The van der Waals surface area contributed by atoms with Crippen LogP contribution >= 0.6 is 0 Å². The number of anilines is 1. The zero-order valence-electron chi connectivity index (χ0n) is 16.7. The van der Waals surface area contributed by atoms with Gasteiger partial charge in [0, 0.05) is 51.2 Å². The largest absolute Gasteiger partial charge is 0.497 e. The van der Waals surface area contributed by atoms with Crippen molar-refractivity contribution >= 4 is 17.6 Å². The third kappa shape index (κ3) is 4.17. The predicted molar refractivity (Wildman–Crippen MR) is 109 cm³/mol. The normalized spacial score (nSPS) is 16.5. The van der Waals surface area contributed by atoms with Gasteiger partial charge in [0.2, 0.25) is 0 Å². The Morgan fingerprint density at radius 1 is 1.00 bits per heavy atom. The summed E-state index contributed by atoms with van der Waals surface area (Å²) in [5, 5.41) is 2.89. The molecule has 0 radical (unpaired) electrons. The first-order chi connectivity index (χ1) is 14.0. The number of nitrogens with zero attached hydrogens (tertiary/aromatic N) is 4. The van der Waals surface area contributed by atoms with Crippen LogP contribution in [0.15, 0.2) is 36.5 Å². The number of ether oxygens (including phenoxy) is 1. The highest BCUT2D eigenvalue weighted by molar-refractivity contribution is 5.95. The van der Waals surface area contributed by atoms with Crippen LogP contribution in [-0.2, 0) is 13.1 Å². The monoisotopic (exact) mass is 395 g/mol. The smallest absolute Gasteiger partial charge is 0.322 e. The van der Waals surface area contributed by atoms with Crippen molar-refractivity contribution in [1.82, 2.24) is 19.7 Å². The Hall–Kier alpha value is -3.13. The zero-order chi connectivity index (χ0) is 20.4. The summed E-state index contributed by atoms with van der Waals surface area (Å²) >= 11 is 0. The molecule has 3 heterocycles. The molecule has 2 aromatic rings. The highest BCUT2D eigenvalue weighted by atomic mass is 16.5. The molecule has 0 unspecified atom stereocenters. The van der Waals surface area contributed by atoms with Gasteiger partial charge in [0.1, 0.15) is 11.4 Å². The Labute approximate surface area is 170 Å². The van der Waals surface area contributed by atoms with E-state index in [1.807, 2.05) is 25.2 Å². The molecule has 0 aliphatic carbocycles. The molecule has 2 aliphatic rings. The van der Waals surface area contributed by atoms with E-state index in [-0.39, 0.29) is 11.9 Å². The van der Waals surface area contributed by atoms with Crippen molar-refractivity contribution in [2.45, 2.75) is 13.1 Å². The van der Waals surface area contributed by atoms with Crippen LogP contribution in [0.5, 0.6) is 5.75 Å². The maximum atomic E-state index is 12.7. The molecule has 29 heavy (non-hydrogen) atoms. The molecule has 0 saturated carbocycles. The van der Waals surface area contributed by atoms with Crippen LogP contribution in [0.25, 0.3) is 0 Å². The number of carbonyl (C=O) groups is 2. The number of hydrogen-bond donors (Lipinski definition) is 1. The van der Waals surface area contributed by atoms with Gasteiger partial charge in [0.05, 0.1) is 7.11 Å². The number of fused-ring (bicyclic) bond motifs is 1. The summed E-state index contributed by atoms with van der Waals surface area (Å²) in [7, 11) is 3.68. The molecular formula is C21H25N5O3. The van der Waals surface area contributed by atoms with Crippen LogP contribution in [0.3, 0.4) is 0 Å². The minimum absolute atomic E-state index is 0.102. The number of pyridine rings is 1. The van der Waals surface area contributed by atoms with Crippen molar-refractivity contribution < 1.29 is 14.3 Å². The standard InChI is InChI=1S/C21H25N5O3/c1-24-7-9-25(10-8-24)20(27)19-12-17(5-6-22-19)23-21(28)26-13-15-3-4-18(29-2)11-16(15)14-26/h3-6,11-12H,7-10,13-14H2,1-2H3,(H,22,23,28). The number of methoxy groups -OCH3 is 1. The van der Waals surface area contributed by atoms with Gasteiger partial charge in [0.25, 0.3) is 5.91 Å². The zero-order valence-corrected chi connectivity index (χ0v) is 16.7. The number of aromatic nitrogens is 1. The molecule has 0 spiro atoms. The van der Waals surface area contributed by atoms with E-state index in [1.165, 1.54) is 0 Å². The van der Waals surface area contributed by atoms with Crippen molar-refractivity contribution in [2.75, 3.05) is 45.7 Å². The van der Waals surface area contributed by atoms with Gasteiger partial charge < -0.3 is 24.8 Å². The van der Waals surface area contributed by atoms with E-state index in [2.05, 4.69) is 15.2 Å². The number of urea groups is 1. The van der Waals surface area contributed by atoms with Crippen LogP contribution in [0.4, 0.5) is 10.5 Å². The quantitative estimate of drug-likeness (QED) is 0.860. The first-order valence-corrected chi connectivity index (χ1v) is 9.69. The van der Waals surface area contributed by atoms with Crippen molar-refractivity contribution in [3.8, 4) is 5.75 Å². The topological polar surface area (TPSA) is 78.0 Å². The molecule has 8 heteroatoms. The first kappa shape index (κ1) is 19.2. The van der Waals surface area contributed by atoms with E-state index in [4.69, 9.17) is 4.74 Å².